The second-order valence-corrected chi connectivity index (χ2v) is 6.50. The summed E-state index contributed by atoms with van der Waals surface area (Å²) in [5.74, 6) is -0.204. The summed E-state index contributed by atoms with van der Waals surface area (Å²) < 4.78 is 7.19. The SMILES string of the molecule is COC(=O)C1(NCCn2cnc3ccsc3c2=O)CCCC1. The van der Waals surface area contributed by atoms with Crippen LogP contribution in [0.2, 0.25) is 0 Å². The molecule has 1 aliphatic rings. The molecule has 0 atom stereocenters. The molecule has 2 aromatic heterocycles. The molecule has 0 spiro atoms. The summed E-state index contributed by atoms with van der Waals surface area (Å²) >= 11 is 1.40. The number of hydrogen-bond donors (Lipinski definition) is 1. The van der Waals surface area contributed by atoms with Crippen LogP contribution in [0.1, 0.15) is 25.7 Å². The molecule has 0 aromatic carbocycles. The van der Waals surface area contributed by atoms with Crippen molar-refractivity contribution in [1.82, 2.24) is 14.9 Å². The average molecular weight is 321 g/mol. The zero-order chi connectivity index (χ0) is 15.6. The van der Waals surface area contributed by atoms with E-state index in [1.807, 2.05) is 11.4 Å². The largest absolute Gasteiger partial charge is 0.468 e. The van der Waals surface area contributed by atoms with Crippen molar-refractivity contribution in [3.05, 3.63) is 28.1 Å². The number of nitrogens with zero attached hydrogens (tertiary/aromatic N) is 2. The maximum absolute atomic E-state index is 12.3. The number of rotatable bonds is 5. The fraction of sp³-hybridized carbons (Fsp3) is 0.533. The van der Waals surface area contributed by atoms with E-state index in [0.29, 0.717) is 17.8 Å². The maximum Gasteiger partial charge on any atom is 0.326 e. The minimum atomic E-state index is -0.585. The van der Waals surface area contributed by atoms with Gasteiger partial charge in [-0.05, 0) is 24.3 Å². The number of fused-ring (bicyclic) bond motifs is 1. The van der Waals surface area contributed by atoms with E-state index in [0.717, 1.165) is 31.2 Å². The minimum absolute atomic E-state index is 0.0275. The predicted octanol–water partition coefficient (Wildman–Crippen LogP) is 1.53. The summed E-state index contributed by atoms with van der Waals surface area (Å²) in [5, 5.41) is 5.17. The molecule has 7 heteroatoms. The highest BCUT2D eigenvalue weighted by Gasteiger charge is 2.41. The van der Waals surface area contributed by atoms with E-state index in [2.05, 4.69) is 10.3 Å². The normalized spacial score (nSPS) is 17.0. The molecule has 118 valence electrons. The van der Waals surface area contributed by atoms with E-state index in [9.17, 15) is 9.59 Å². The summed E-state index contributed by atoms with van der Waals surface area (Å²) in [6, 6.07) is 1.84. The Morgan fingerprint density at radius 1 is 1.50 bits per heavy atom. The molecule has 1 saturated carbocycles. The summed E-state index contributed by atoms with van der Waals surface area (Å²) in [7, 11) is 1.42. The Labute approximate surface area is 132 Å². The zero-order valence-corrected chi connectivity index (χ0v) is 13.3. The second kappa shape index (κ2) is 6.18. The van der Waals surface area contributed by atoms with Crippen LogP contribution in [-0.2, 0) is 16.1 Å². The van der Waals surface area contributed by atoms with E-state index >= 15 is 0 Å². The molecule has 3 rings (SSSR count). The van der Waals surface area contributed by atoms with Gasteiger partial charge in [0.1, 0.15) is 10.2 Å². The Balaban J connectivity index is 1.70. The van der Waals surface area contributed by atoms with Crippen LogP contribution in [0.4, 0.5) is 0 Å². The van der Waals surface area contributed by atoms with Crippen molar-refractivity contribution in [2.45, 2.75) is 37.8 Å². The van der Waals surface area contributed by atoms with Crippen molar-refractivity contribution < 1.29 is 9.53 Å². The number of carbonyl (C=O) groups is 1. The molecule has 0 aliphatic heterocycles. The molecule has 22 heavy (non-hydrogen) atoms. The van der Waals surface area contributed by atoms with Gasteiger partial charge in [0.2, 0.25) is 0 Å². The lowest BCUT2D eigenvalue weighted by molar-refractivity contribution is -0.148. The first-order valence-electron chi connectivity index (χ1n) is 7.42. The summed E-state index contributed by atoms with van der Waals surface area (Å²) in [6.07, 6.45) is 5.18. The monoisotopic (exact) mass is 321 g/mol. The molecule has 0 amide bonds. The quantitative estimate of drug-likeness (QED) is 0.846. The fourth-order valence-electron chi connectivity index (χ4n) is 3.08. The minimum Gasteiger partial charge on any atom is -0.468 e. The topological polar surface area (TPSA) is 73.2 Å². The van der Waals surface area contributed by atoms with Crippen molar-refractivity contribution in [2.75, 3.05) is 13.7 Å². The fourth-order valence-corrected chi connectivity index (χ4v) is 3.87. The molecule has 0 saturated heterocycles. The first kappa shape index (κ1) is 15.2. The van der Waals surface area contributed by atoms with Crippen LogP contribution < -0.4 is 10.9 Å². The standard InChI is InChI=1S/C15H19N3O3S/c1-21-14(20)15(5-2-3-6-15)17-7-8-18-10-16-11-4-9-22-12(11)13(18)19/h4,9-10,17H,2-3,5-8H2,1H3. The Bertz CT molecular complexity index is 731. The van der Waals surface area contributed by atoms with Gasteiger partial charge >= 0.3 is 5.97 Å². The number of methoxy groups -OCH3 is 1. The van der Waals surface area contributed by atoms with Crippen LogP contribution in [0.3, 0.4) is 0 Å². The molecule has 0 unspecified atom stereocenters. The second-order valence-electron chi connectivity index (χ2n) is 5.59. The highest BCUT2D eigenvalue weighted by molar-refractivity contribution is 7.17. The molecule has 1 aliphatic carbocycles. The van der Waals surface area contributed by atoms with E-state index < -0.39 is 5.54 Å². The van der Waals surface area contributed by atoms with Gasteiger partial charge in [-0.25, -0.2) is 4.98 Å². The van der Waals surface area contributed by atoms with Gasteiger partial charge in [-0.15, -0.1) is 11.3 Å². The van der Waals surface area contributed by atoms with Crippen LogP contribution in [0.25, 0.3) is 10.2 Å². The van der Waals surface area contributed by atoms with Crippen LogP contribution in [0.15, 0.2) is 22.6 Å². The number of aromatic nitrogens is 2. The van der Waals surface area contributed by atoms with Crippen molar-refractivity contribution >= 4 is 27.5 Å². The molecule has 6 nitrogen and oxygen atoms in total. The lowest BCUT2D eigenvalue weighted by Gasteiger charge is -2.27. The Morgan fingerprint density at radius 2 is 2.27 bits per heavy atom. The molecule has 2 aromatic rings. The third-order valence-corrected chi connectivity index (χ3v) is 5.18. The molecular weight excluding hydrogens is 302 g/mol. The highest BCUT2D eigenvalue weighted by Crippen LogP contribution is 2.30. The number of nitrogens with one attached hydrogen (secondary N) is 1. The van der Waals surface area contributed by atoms with E-state index in [-0.39, 0.29) is 11.5 Å². The molecule has 1 fully saturated rings. The number of carbonyl (C=O) groups excluding carboxylic acids is 1. The highest BCUT2D eigenvalue weighted by atomic mass is 32.1. The first-order valence-corrected chi connectivity index (χ1v) is 8.30. The summed E-state index contributed by atoms with van der Waals surface area (Å²) in [4.78, 5) is 28.6. The van der Waals surface area contributed by atoms with E-state index in [1.54, 1.807) is 10.9 Å². The van der Waals surface area contributed by atoms with Gasteiger partial charge < -0.3 is 10.1 Å². The third-order valence-electron chi connectivity index (χ3n) is 4.29. The van der Waals surface area contributed by atoms with E-state index in [4.69, 9.17) is 4.74 Å². The van der Waals surface area contributed by atoms with Gasteiger partial charge in [-0.1, -0.05) is 12.8 Å². The van der Waals surface area contributed by atoms with Gasteiger partial charge in [0.15, 0.2) is 0 Å². The van der Waals surface area contributed by atoms with Crippen LogP contribution in [0.5, 0.6) is 0 Å². The Morgan fingerprint density at radius 3 is 3.00 bits per heavy atom. The summed E-state index contributed by atoms with van der Waals surface area (Å²) in [6.45, 7) is 1.02. The van der Waals surface area contributed by atoms with Gasteiger partial charge in [0, 0.05) is 13.1 Å². The first-order chi connectivity index (χ1) is 10.7. The third kappa shape index (κ3) is 2.66. The zero-order valence-electron chi connectivity index (χ0n) is 12.5. The van der Waals surface area contributed by atoms with E-state index in [1.165, 1.54) is 18.4 Å². The lowest BCUT2D eigenvalue weighted by Crippen LogP contribution is -2.51. The average Bonchev–Trinajstić information content (AvgIpc) is 3.19. The number of hydrogen-bond acceptors (Lipinski definition) is 6. The Hall–Kier alpha value is -1.73. The molecule has 0 bridgehead atoms. The maximum atomic E-state index is 12.3. The summed E-state index contributed by atoms with van der Waals surface area (Å²) in [5.41, 5.74) is 0.125. The van der Waals surface area contributed by atoms with Crippen molar-refractivity contribution in [2.24, 2.45) is 0 Å². The van der Waals surface area contributed by atoms with Crippen LogP contribution in [-0.4, -0.2) is 34.7 Å². The van der Waals surface area contributed by atoms with Crippen LogP contribution in [0, 0.1) is 0 Å². The molecule has 1 N–H and O–H groups in total. The number of thiophene rings is 1. The smallest absolute Gasteiger partial charge is 0.326 e. The molecule has 0 radical (unpaired) electrons. The lowest BCUT2D eigenvalue weighted by atomic mass is 9.98. The predicted molar refractivity (Wildman–Crippen MR) is 85.1 cm³/mol. The Kier molecular flexibility index (Phi) is 4.26. The van der Waals surface area contributed by atoms with Gasteiger partial charge in [0.25, 0.3) is 5.56 Å². The van der Waals surface area contributed by atoms with Crippen molar-refractivity contribution in [1.29, 1.82) is 0 Å². The molecule has 2 heterocycles. The van der Waals surface area contributed by atoms with Gasteiger partial charge in [-0.3, -0.25) is 14.2 Å². The van der Waals surface area contributed by atoms with Crippen LogP contribution >= 0.6 is 11.3 Å². The molecular formula is C15H19N3O3S. The van der Waals surface area contributed by atoms with Crippen molar-refractivity contribution in [3.63, 3.8) is 0 Å². The van der Waals surface area contributed by atoms with Crippen molar-refractivity contribution in [3.8, 4) is 0 Å². The van der Waals surface area contributed by atoms with Gasteiger partial charge in [-0.2, -0.15) is 0 Å². The number of ether oxygens (including phenoxy) is 1. The van der Waals surface area contributed by atoms with Gasteiger partial charge in [0.05, 0.1) is 19.0 Å². The number of esters is 1.